The fraction of sp³-hybridized carbons (Fsp3) is 0.250. The summed E-state index contributed by atoms with van der Waals surface area (Å²) in [5.41, 5.74) is 0.139. The van der Waals surface area contributed by atoms with Crippen LogP contribution in [0.15, 0.2) is 17.0 Å². The Bertz CT molecular complexity index is 520. The summed E-state index contributed by atoms with van der Waals surface area (Å²) in [5.74, 6) is 0. The zero-order valence-corrected chi connectivity index (χ0v) is 8.91. The van der Waals surface area contributed by atoms with Crippen LogP contribution in [-0.2, 0) is 10.1 Å². The Morgan fingerprint density at radius 3 is 2.27 bits per heavy atom. The normalized spacial score (nSPS) is 11.4. The van der Waals surface area contributed by atoms with Gasteiger partial charge >= 0.3 is 10.1 Å². The Kier molecular flexibility index (Phi) is 2.78. The second-order valence-electron chi connectivity index (χ2n) is 3.09. The molecule has 0 saturated heterocycles. The zero-order valence-electron chi connectivity index (χ0n) is 8.09. The fourth-order valence-corrected chi connectivity index (χ4v) is 2.20. The number of aryl methyl sites for hydroxylation is 1. The molecule has 0 aliphatic carbocycles. The van der Waals surface area contributed by atoms with E-state index in [4.69, 9.17) is 4.55 Å². The van der Waals surface area contributed by atoms with Crippen molar-refractivity contribution in [2.24, 2.45) is 0 Å². The van der Waals surface area contributed by atoms with Gasteiger partial charge in [0.2, 0.25) is 0 Å². The largest absolute Gasteiger partial charge is 0.301 e. The van der Waals surface area contributed by atoms with Gasteiger partial charge in [0, 0.05) is 6.07 Å². The third-order valence-corrected chi connectivity index (χ3v) is 3.14. The van der Waals surface area contributed by atoms with E-state index in [1.54, 1.807) is 6.92 Å². The highest BCUT2D eigenvalue weighted by molar-refractivity contribution is 7.86. The SMILES string of the molecule is Cc1ccc([N+](=O)[O-])c(S(=O)(=O)O)c1C. The van der Waals surface area contributed by atoms with E-state index in [1.165, 1.54) is 13.0 Å². The van der Waals surface area contributed by atoms with Gasteiger partial charge in [-0.2, -0.15) is 8.42 Å². The van der Waals surface area contributed by atoms with Crippen molar-refractivity contribution < 1.29 is 17.9 Å². The van der Waals surface area contributed by atoms with Gasteiger partial charge in [0.1, 0.15) is 0 Å². The zero-order chi connectivity index (χ0) is 11.8. The number of nitro groups is 1. The Labute approximate surface area is 86.4 Å². The van der Waals surface area contributed by atoms with Crippen LogP contribution in [0.5, 0.6) is 0 Å². The minimum Gasteiger partial charge on any atom is -0.282 e. The second-order valence-corrected chi connectivity index (χ2v) is 4.45. The maximum atomic E-state index is 11.0. The van der Waals surface area contributed by atoms with Gasteiger partial charge in [0.25, 0.3) is 5.69 Å². The first-order chi connectivity index (χ1) is 6.75. The molecule has 0 heterocycles. The summed E-state index contributed by atoms with van der Waals surface area (Å²) in [6, 6.07) is 2.49. The molecule has 1 aromatic carbocycles. The fourth-order valence-electron chi connectivity index (χ4n) is 1.25. The lowest BCUT2D eigenvalue weighted by atomic mass is 10.1. The molecule has 0 fully saturated rings. The summed E-state index contributed by atoms with van der Waals surface area (Å²) in [6.45, 7) is 3.01. The van der Waals surface area contributed by atoms with Crippen LogP contribution < -0.4 is 0 Å². The molecule has 0 spiro atoms. The van der Waals surface area contributed by atoms with Gasteiger partial charge in [0.15, 0.2) is 4.90 Å². The summed E-state index contributed by atoms with van der Waals surface area (Å²) < 4.78 is 30.9. The summed E-state index contributed by atoms with van der Waals surface area (Å²) in [6.07, 6.45) is 0. The van der Waals surface area contributed by atoms with Crippen LogP contribution in [0.3, 0.4) is 0 Å². The molecule has 15 heavy (non-hydrogen) atoms. The summed E-state index contributed by atoms with van der Waals surface area (Å²) in [4.78, 5) is 9.09. The first kappa shape index (κ1) is 11.6. The lowest BCUT2D eigenvalue weighted by Gasteiger charge is -2.05. The van der Waals surface area contributed by atoms with Crippen LogP contribution in [0, 0.1) is 24.0 Å². The topological polar surface area (TPSA) is 97.5 Å². The van der Waals surface area contributed by atoms with E-state index < -0.39 is 25.6 Å². The van der Waals surface area contributed by atoms with E-state index in [0.29, 0.717) is 5.56 Å². The molecular weight excluding hydrogens is 222 g/mol. The number of rotatable bonds is 2. The number of hydrogen-bond acceptors (Lipinski definition) is 4. The lowest BCUT2D eigenvalue weighted by molar-refractivity contribution is -0.388. The molecule has 0 bridgehead atoms. The average molecular weight is 231 g/mol. The second kappa shape index (κ2) is 3.59. The highest BCUT2D eigenvalue weighted by Crippen LogP contribution is 2.28. The van der Waals surface area contributed by atoms with Crippen molar-refractivity contribution in [1.82, 2.24) is 0 Å². The minimum absolute atomic E-state index is 0.187. The van der Waals surface area contributed by atoms with E-state index in [2.05, 4.69) is 0 Å². The molecule has 0 amide bonds. The van der Waals surface area contributed by atoms with Crippen LogP contribution in [0.25, 0.3) is 0 Å². The van der Waals surface area contributed by atoms with Gasteiger partial charge in [0.05, 0.1) is 4.92 Å². The van der Waals surface area contributed by atoms with Crippen LogP contribution in [0.1, 0.15) is 11.1 Å². The molecule has 82 valence electrons. The smallest absolute Gasteiger partial charge is 0.282 e. The highest BCUT2D eigenvalue weighted by Gasteiger charge is 2.26. The molecule has 0 aliphatic heterocycles. The number of hydrogen-bond donors (Lipinski definition) is 1. The minimum atomic E-state index is -4.57. The molecule has 0 atom stereocenters. The van der Waals surface area contributed by atoms with Gasteiger partial charge in [-0.1, -0.05) is 6.07 Å². The molecule has 0 radical (unpaired) electrons. The molecular formula is C8H9NO5S. The number of benzene rings is 1. The van der Waals surface area contributed by atoms with Crippen LogP contribution in [0.2, 0.25) is 0 Å². The summed E-state index contributed by atoms with van der Waals surface area (Å²) in [5, 5.41) is 10.6. The van der Waals surface area contributed by atoms with E-state index in [9.17, 15) is 18.5 Å². The molecule has 7 heteroatoms. The van der Waals surface area contributed by atoms with Gasteiger partial charge in [-0.25, -0.2) is 0 Å². The molecule has 0 saturated carbocycles. The van der Waals surface area contributed by atoms with E-state index in [1.807, 2.05) is 0 Å². The maximum Gasteiger partial charge on any atom is 0.301 e. The molecule has 0 unspecified atom stereocenters. The van der Waals surface area contributed by atoms with Crippen molar-refractivity contribution in [3.05, 3.63) is 33.4 Å². The quantitative estimate of drug-likeness (QED) is 0.472. The Balaban J connectivity index is 3.72. The Morgan fingerprint density at radius 1 is 1.33 bits per heavy atom. The van der Waals surface area contributed by atoms with Crippen LogP contribution in [-0.4, -0.2) is 17.9 Å². The van der Waals surface area contributed by atoms with Crippen molar-refractivity contribution in [3.63, 3.8) is 0 Å². The van der Waals surface area contributed by atoms with Crippen molar-refractivity contribution >= 4 is 15.8 Å². The summed E-state index contributed by atoms with van der Waals surface area (Å²) >= 11 is 0. The third-order valence-electron chi connectivity index (χ3n) is 2.11. The molecule has 1 N–H and O–H groups in total. The monoisotopic (exact) mass is 231 g/mol. The average Bonchev–Trinajstić information content (AvgIpc) is 2.06. The molecule has 1 aromatic rings. The molecule has 6 nitrogen and oxygen atoms in total. The first-order valence-corrected chi connectivity index (χ1v) is 5.41. The summed E-state index contributed by atoms with van der Waals surface area (Å²) in [7, 11) is -4.57. The maximum absolute atomic E-state index is 11.0. The Morgan fingerprint density at radius 2 is 1.87 bits per heavy atom. The van der Waals surface area contributed by atoms with Gasteiger partial charge in [-0.15, -0.1) is 0 Å². The number of nitrogens with zero attached hydrogens (tertiary/aromatic N) is 1. The van der Waals surface area contributed by atoms with Crippen molar-refractivity contribution in [1.29, 1.82) is 0 Å². The molecule has 0 aromatic heterocycles. The molecule has 1 rings (SSSR count). The number of nitro benzene ring substituents is 1. The first-order valence-electron chi connectivity index (χ1n) is 3.97. The van der Waals surface area contributed by atoms with E-state index in [-0.39, 0.29) is 5.56 Å². The van der Waals surface area contributed by atoms with Crippen LogP contribution >= 0.6 is 0 Å². The van der Waals surface area contributed by atoms with Crippen molar-refractivity contribution in [2.45, 2.75) is 18.7 Å². The van der Waals surface area contributed by atoms with E-state index >= 15 is 0 Å². The standard InChI is InChI=1S/C8H9NO5S/c1-5-3-4-7(9(10)11)8(6(5)2)15(12,13)14/h3-4H,1-2H3,(H,12,13,14). The predicted molar refractivity (Wildman–Crippen MR) is 52.4 cm³/mol. The lowest BCUT2D eigenvalue weighted by Crippen LogP contribution is -2.06. The third kappa shape index (κ3) is 2.13. The van der Waals surface area contributed by atoms with Gasteiger partial charge < -0.3 is 0 Å². The van der Waals surface area contributed by atoms with Crippen molar-refractivity contribution in [2.75, 3.05) is 0 Å². The van der Waals surface area contributed by atoms with Crippen LogP contribution in [0.4, 0.5) is 5.69 Å². The van der Waals surface area contributed by atoms with Gasteiger partial charge in [-0.05, 0) is 25.0 Å². The Hall–Kier alpha value is -1.47. The highest BCUT2D eigenvalue weighted by atomic mass is 32.2. The predicted octanol–water partition coefficient (Wildman–Crippen LogP) is 1.46. The van der Waals surface area contributed by atoms with Gasteiger partial charge in [-0.3, -0.25) is 14.7 Å². The van der Waals surface area contributed by atoms with Crippen molar-refractivity contribution in [3.8, 4) is 0 Å². The van der Waals surface area contributed by atoms with E-state index in [0.717, 1.165) is 6.07 Å². The molecule has 0 aliphatic rings.